The topological polar surface area (TPSA) is 103 Å². The van der Waals surface area contributed by atoms with Crippen molar-refractivity contribution in [3.05, 3.63) is 161 Å². The number of para-hydroxylation sites is 2. The minimum absolute atomic E-state index is 0.0780. The van der Waals surface area contributed by atoms with Gasteiger partial charge in [0.25, 0.3) is 17.4 Å². The predicted molar refractivity (Wildman–Crippen MR) is 212 cm³/mol. The van der Waals surface area contributed by atoms with Gasteiger partial charge in [-0.1, -0.05) is 94.9 Å². The summed E-state index contributed by atoms with van der Waals surface area (Å²) in [5.74, 6) is 0.668. The molecule has 2 aliphatic heterocycles. The van der Waals surface area contributed by atoms with E-state index in [0.717, 1.165) is 0 Å². The number of aryl methyl sites for hydroxylation is 2. The molecule has 4 aromatic carbocycles. The number of hydrogen-bond donors (Lipinski definition) is 0. The van der Waals surface area contributed by atoms with Gasteiger partial charge in [0.05, 0.1) is 0 Å². The lowest BCUT2D eigenvalue weighted by Crippen LogP contribution is -2.61. The van der Waals surface area contributed by atoms with E-state index in [9.17, 15) is 19.2 Å². The number of carbonyl (C=O) groups excluding carboxylic acids is 2. The van der Waals surface area contributed by atoms with E-state index >= 15 is 0 Å². The van der Waals surface area contributed by atoms with Crippen LogP contribution in [-0.4, -0.2) is 56.0 Å². The average molecular weight is 823 g/mol. The Morgan fingerprint density at radius 1 is 0.582 bits per heavy atom. The van der Waals surface area contributed by atoms with Crippen molar-refractivity contribution in [2.45, 2.75) is 57.1 Å². The van der Waals surface area contributed by atoms with Crippen LogP contribution in [-0.2, 0) is 22.7 Å². The normalized spacial score (nSPS) is 19.2. The molecular formula is C41H36Cl4N4O6. The van der Waals surface area contributed by atoms with Crippen molar-refractivity contribution in [3.63, 3.8) is 0 Å². The zero-order valence-electron chi connectivity index (χ0n) is 29.6. The molecule has 2 fully saturated rings. The Morgan fingerprint density at radius 3 is 1.49 bits per heavy atom. The van der Waals surface area contributed by atoms with Gasteiger partial charge in [0.15, 0.2) is 0 Å². The first-order valence-electron chi connectivity index (χ1n) is 17.8. The first kappa shape index (κ1) is 38.5. The molecule has 0 N–H and O–H groups in total. The van der Waals surface area contributed by atoms with Crippen molar-refractivity contribution >= 4 is 58.2 Å². The van der Waals surface area contributed by atoms with E-state index in [1.165, 1.54) is 15.3 Å². The van der Waals surface area contributed by atoms with Crippen molar-refractivity contribution < 1.29 is 19.1 Å². The molecule has 0 bridgehead atoms. The van der Waals surface area contributed by atoms with Crippen LogP contribution < -0.4 is 20.7 Å². The number of β-lactam (4-membered cyclic amide) rings is 2. The number of amides is 2. The van der Waals surface area contributed by atoms with Crippen molar-refractivity contribution in [1.29, 1.82) is 0 Å². The first-order chi connectivity index (χ1) is 26.5. The van der Waals surface area contributed by atoms with Gasteiger partial charge in [-0.15, -0.1) is 0 Å². The summed E-state index contributed by atoms with van der Waals surface area (Å²) in [5.41, 5.74) is 0.887. The van der Waals surface area contributed by atoms with E-state index in [2.05, 4.69) is 0 Å². The van der Waals surface area contributed by atoms with Gasteiger partial charge in [-0.25, -0.2) is 4.79 Å². The van der Waals surface area contributed by atoms with Crippen molar-refractivity contribution in [2.24, 2.45) is 0 Å². The second-order valence-corrected chi connectivity index (χ2v) is 15.1. The van der Waals surface area contributed by atoms with E-state index in [1.807, 2.05) is 36.4 Å². The Labute approximate surface area is 337 Å². The largest absolute Gasteiger partial charge is 0.478 e. The van der Waals surface area contributed by atoms with Gasteiger partial charge in [-0.3, -0.25) is 19.0 Å². The molecule has 7 rings (SSSR count). The summed E-state index contributed by atoms with van der Waals surface area (Å²) < 4.78 is 14.9. The molecule has 284 valence electrons. The van der Waals surface area contributed by atoms with Crippen LogP contribution >= 0.6 is 46.4 Å². The minimum Gasteiger partial charge on any atom is -0.478 e. The number of halogens is 4. The third-order valence-corrected chi connectivity index (χ3v) is 11.0. The highest BCUT2D eigenvalue weighted by Crippen LogP contribution is 2.43. The zero-order valence-corrected chi connectivity index (χ0v) is 32.6. The number of rotatable bonds is 14. The van der Waals surface area contributed by atoms with Gasteiger partial charge in [-0.05, 0) is 79.4 Å². The predicted octanol–water partition coefficient (Wildman–Crippen LogP) is 7.77. The van der Waals surface area contributed by atoms with Crippen LogP contribution in [0.1, 0.15) is 41.6 Å². The standard InChI is InChI=1S/C41H36Cl4N4O6/c1-25-24-46(18-8-19-47-34(30-16-14-26(42)22-32(30)44)36(39(47)51)54-28-10-4-2-5-11-28)41(53)49(38(25)50)21-9-20-48-35(31-17-15-27(43)23-33(31)45)37(40(48)52)55-29-12-6-3-7-13-29/h2-7,10-17,22-24,34-37H,8-9,18-21H2,1H3/t34-,35-,36+,37+/m0/s1. The average Bonchev–Trinajstić information content (AvgIpc) is 3.17. The number of carbonyl (C=O) groups is 2. The molecule has 0 aliphatic carbocycles. The Bertz CT molecular complexity index is 2340. The maximum atomic E-state index is 13.7. The van der Waals surface area contributed by atoms with E-state index < -0.39 is 35.5 Å². The van der Waals surface area contributed by atoms with E-state index in [0.29, 0.717) is 67.7 Å². The molecule has 0 spiro atoms. The number of benzene rings is 4. The summed E-state index contributed by atoms with van der Waals surface area (Å²) in [5, 5.41) is 1.75. The summed E-state index contributed by atoms with van der Waals surface area (Å²) >= 11 is 25.5. The Morgan fingerprint density at radius 2 is 1.04 bits per heavy atom. The number of ether oxygens (including phenoxy) is 2. The monoisotopic (exact) mass is 820 g/mol. The highest BCUT2D eigenvalue weighted by atomic mass is 35.5. The van der Waals surface area contributed by atoms with Crippen LogP contribution in [0.3, 0.4) is 0 Å². The third kappa shape index (κ3) is 8.00. The molecule has 55 heavy (non-hydrogen) atoms. The number of hydrogen-bond acceptors (Lipinski definition) is 6. The van der Waals surface area contributed by atoms with Crippen LogP contribution in [0.15, 0.2) is 113 Å². The Kier molecular flexibility index (Phi) is 11.6. The van der Waals surface area contributed by atoms with Gasteiger partial charge in [0.2, 0.25) is 12.2 Å². The molecule has 3 heterocycles. The molecule has 2 saturated heterocycles. The minimum atomic E-state index is -0.811. The highest BCUT2D eigenvalue weighted by molar-refractivity contribution is 6.35. The lowest BCUT2D eigenvalue weighted by Gasteiger charge is -2.47. The molecule has 1 aromatic heterocycles. The fraction of sp³-hybridized carbons (Fsp3) is 0.268. The van der Waals surface area contributed by atoms with Crippen LogP contribution in [0.25, 0.3) is 0 Å². The molecule has 5 aromatic rings. The molecule has 10 nitrogen and oxygen atoms in total. The van der Waals surface area contributed by atoms with E-state index in [4.69, 9.17) is 55.9 Å². The van der Waals surface area contributed by atoms with Gasteiger partial charge >= 0.3 is 5.69 Å². The number of nitrogens with zero attached hydrogens (tertiary/aromatic N) is 4. The molecule has 2 amide bonds. The number of likely N-dealkylation sites (tertiary alicyclic amines) is 2. The van der Waals surface area contributed by atoms with Crippen LogP contribution in [0.4, 0.5) is 0 Å². The summed E-state index contributed by atoms with van der Waals surface area (Å²) in [6.45, 7) is 2.53. The third-order valence-electron chi connectivity index (χ3n) is 9.86. The summed E-state index contributed by atoms with van der Waals surface area (Å²) in [7, 11) is 0. The SMILES string of the molecule is Cc1cn(CCCN2C(=O)[C@H](Oc3ccccc3)[C@@H]2c2ccc(Cl)cc2Cl)c(=O)n(CCCN2C(=O)[C@H](Oc3ccccc3)[C@@H]2c2ccc(Cl)cc2Cl)c1=O. The van der Waals surface area contributed by atoms with Crippen LogP contribution in [0, 0.1) is 6.92 Å². The van der Waals surface area contributed by atoms with Gasteiger partial charge in [0, 0.05) is 58.0 Å². The van der Waals surface area contributed by atoms with Gasteiger partial charge in [-0.2, -0.15) is 0 Å². The second kappa shape index (κ2) is 16.5. The lowest BCUT2D eigenvalue weighted by atomic mass is 9.90. The molecule has 4 atom stereocenters. The molecule has 0 unspecified atom stereocenters. The fourth-order valence-electron chi connectivity index (χ4n) is 7.16. The molecular weight excluding hydrogens is 786 g/mol. The lowest BCUT2D eigenvalue weighted by molar-refractivity contribution is -0.164. The zero-order chi connectivity index (χ0) is 38.8. The van der Waals surface area contributed by atoms with E-state index in [-0.39, 0.29) is 31.4 Å². The second-order valence-electron chi connectivity index (χ2n) is 13.4. The summed E-state index contributed by atoms with van der Waals surface area (Å²) in [4.78, 5) is 57.1. The summed E-state index contributed by atoms with van der Waals surface area (Å²) in [6.07, 6.45) is 0.670. The Hall–Kier alpha value is -4.74. The molecule has 0 saturated carbocycles. The quantitative estimate of drug-likeness (QED) is 0.106. The van der Waals surface area contributed by atoms with Gasteiger partial charge < -0.3 is 23.8 Å². The molecule has 2 aliphatic rings. The Balaban J connectivity index is 1.03. The molecule has 0 radical (unpaired) electrons. The maximum Gasteiger partial charge on any atom is 0.330 e. The maximum absolute atomic E-state index is 13.7. The van der Waals surface area contributed by atoms with Gasteiger partial charge in [0.1, 0.15) is 23.6 Å². The highest BCUT2D eigenvalue weighted by Gasteiger charge is 2.51. The van der Waals surface area contributed by atoms with Crippen molar-refractivity contribution in [1.82, 2.24) is 18.9 Å². The summed E-state index contributed by atoms with van der Waals surface area (Å²) in [6, 6.07) is 27.4. The van der Waals surface area contributed by atoms with Crippen LogP contribution in [0.2, 0.25) is 20.1 Å². The smallest absolute Gasteiger partial charge is 0.330 e. The van der Waals surface area contributed by atoms with E-state index in [1.54, 1.807) is 77.4 Å². The number of aromatic nitrogens is 2. The first-order valence-corrected chi connectivity index (χ1v) is 19.3. The van der Waals surface area contributed by atoms with Crippen molar-refractivity contribution in [3.8, 4) is 11.5 Å². The van der Waals surface area contributed by atoms with Crippen LogP contribution in [0.5, 0.6) is 11.5 Å². The van der Waals surface area contributed by atoms with Crippen molar-refractivity contribution in [2.75, 3.05) is 13.1 Å². The fourth-order valence-corrected chi connectivity index (χ4v) is 8.21. The molecule has 14 heteroatoms.